The van der Waals surface area contributed by atoms with E-state index in [1.807, 2.05) is 11.9 Å². The quantitative estimate of drug-likeness (QED) is 0.353. The number of ether oxygens (including phenoxy) is 1. The van der Waals surface area contributed by atoms with Crippen LogP contribution in [0.4, 0.5) is 19.0 Å². The van der Waals surface area contributed by atoms with Gasteiger partial charge in [0.1, 0.15) is 12.4 Å². The first kappa shape index (κ1) is 31.3. The minimum atomic E-state index is -4.64. The first-order valence-electron chi connectivity index (χ1n) is 15.2. The lowest BCUT2D eigenvalue weighted by Crippen LogP contribution is -2.55. The topological polar surface area (TPSA) is 106 Å². The van der Waals surface area contributed by atoms with Gasteiger partial charge in [-0.1, -0.05) is 30.8 Å². The van der Waals surface area contributed by atoms with Gasteiger partial charge < -0.3 is 24.3 Å². The highest BCUT2D eigenvalue weighted by atomic mass is 19.4. The number of hydrogen-bond donors (Lipinski definition) is 0. The summed E-state index contributed by atoms with van der Waals surface area (Å²) in [6.07, 6.45) is -1.26. The van der Waals surface area contributed by atoms with Gasteiger partial charge in [0.2, 0.25) is 5.91 Å². The number of amides is 2. The Labute approximate surface area is 264 Å². The van der Waals surface area contributed by atoms with Crippen LogP contribution in [0.15, 0.2) is 49.1 Å². The Morgan fingerprint density at radius 1 is 1.11 bits per heavy atom. The molecule has 2 aromatic carbocycles. The second-order valence-electron chi connectivity index (χ2n) is 11.9. The normalized spacial score (nSPS) is 20.1. The number of halogens is 3. The highest BCUT2D eigenvalue weighted by molar-refractivity contribution is 6.08. The second kappa shape index (κ2) is 12.6. The number of benzene rings is 2. The van der Waals surface area contributed by atoms with Crippen molar-refractivity contribution in [2.45, 2.75) is 50.6 Å². The summed E-state index contributed by atoms with van der Waals surface area (Å²) < 4.78 is 48.2. The second-order valence-corrected chi connectivity index (χ2v) is 11.9. The van der Waals surface area contributed by atoms with E-state index in [4.69, 9.17) is 9.72 Å². The number of likely N-dealkylation sites (N-methyl/N-ethyl adjacent to an activating group) is 1. The van der Waals surface area contributed by atoms with Crippen LogP contribution in [0.5, 0.6) is 6.01 Å². The molecule has 0 unspecified atom stereocenters. The number of nitrogens with zero attached hydrogens (tertiary/aromatic N) is 7. The fourth-order valence-electron chi connectivity index (χ4n) is 6.71. The van der Waals surface area contributed by atoms with Gasteiger partial charge in [-0.15, -0.1) is 0 Å². The van der Waals surface area contributed by atoms with Crippen LogP contribution in [0.1, 0.15) is 46.4 Å². The maximum absolute atomic E-state index is 14.0. The van der Waals surface area contributed by atoms with Crippen LogP contribution in [0, 0.1) is 11.3 Å². The molecule has 0 spiro atoms. The number of hydrogen-bond acceptors (Lipinski definition) is 8. The minimum Gasteiger partial charge on any atom is -0.462 e. The molecule has 0 N–H and O–H groups in total. The number of nitriles is 1. The maximum atomic E-state index is 14.0. The number of carbonyl (C=O) groups is 2. The molecule has 2 saturated heterocycles. The van der Waals surface area contributed by atoms with Crippen LogP contribution in [0.3, 0.4) is 0 Å². The van der Waals surface area contributed by atoms with E-state index in [1.54, 1.807) is 23.1 Å². The molecule has 2 atom stereocenters. The minimum absolute atomic E-state index is 0.0425. The van der Waals surface area contributed by atoms with Gasteiger partial charge in [0, 0.05) is 42.2 Å². The summed E-state index contributed by atoms with van der Waals surface area (Å²) in [4.78, 5) is 43.2. The average Bonchev–Trinajstić information content (AvgIpc) is 3.67. The lowest BCUT2D eigenvalue weighted by molar-refractivity contribution is -0.136. The average molecular weight is 634 g/mol. The molecule has 46 heavy (non-hydrogen) atoms. The monoisotopic (exact) mass is 633 g/mol. The van der Waals surface area contributed by atoms with Crippen LogP contribution in [0.25, 0.3) is 10.8 Å². The smallest absolute Gasteiger partial charge is 0.417 e. The maximum Gasteiger partial charge on any atom is 0.417 e. The Hall–Kier alpha value is -4.70. The fraction of sp³-hybridized carbons (Fsp3) is 0.424. The summed E-state index contributed by atoms with van der Waals surface area (Å²) in [5.74, 6) is -0.287. The van der Waals surface area contributed by atoms with E-state index in [0.29, 0.717) is 48.7 Å². The van der Waals surface area contributed by atoms with Crippen molar-refractivity contribution in [3.63, 3.8) is 0 Å². The molecule has 10 nitrogen and oxygen atoms in total. The number of alkyl halides is 3. The molecule has 3 aromatic rings. The molecule has 4 heterocycles. The van der Waals surface area contributed by atoms with E-state index < -0.39 is 23.7 Å². The van der Waals surface area contributed by atoms with E-state index >= 15 is 0 Å². The third-order valence-corrected chi connectivity index (χ3v) is 9.11. The van der Waals surface area contributed by atoms with E-state index in [9.17, 15) is 28.0 Å². The van der Waals surface area contributed by atoms with Crippen molar-refractivity contribution in [2.75, 3.05) is 44.7 Å². The summed E-state index contributed by atoms with van der Waals surface area (Å²) in [7, 11) is 2.04. The van der Waals surface area contributed by atoms with Crippen LogP contribution in [0.2, 0.25) is 0 Å². The van der Waals surface area contributed by atoms with Crippen LogP contribution in [-0.2, 0) is 24.1 Å². The lowest BCUT2D eigenvalue weighted by atomic mass is 9.98. The first-order valence-corrected chi connectivity index (χ1v) is 15.2. The Morgan fingerprint density at radius 3 is 2.59 bits per heavy atom. The van der Waals surface area contributed by atoms with Crippen molar-refractivity contribution in [3.05, 3.63) is 71.4 Å². The van der Waals surface area contributed by atoms with Crippen molar-refractivity contribution >= 4 is 28.4 Å². The van der Waals surface area contributed by atoms with Gasteiger partial charge in [-0.3, -0.25) is 9.59 Å². The Morgan fingerprint density at radius 2 is 1.89 bits per heavy atom. The molecular formula is C33H34F3N7O3. The van der Waals surface area contributed by atoms with Crippen molar-refractivity contribution in [1.82, 2.24) is 24.7 Å². The molecule has 13 heteroatoms. The van der Waals surface area contributed by atoms with Gasteiger partial charge in [-0.05, 0) is 50.0 Å². The summed E-state index contributed by atoms with van der Waals surface area (Å²) in [6, 6.07) is 10.5. The largest absolute Gasteiger partial charge is 0.462 e. The summed E-state index contributed by atoms with van der Waals surface area (Å²) in [5.41, 5.74) is 0.299. The van der Waals surface area contributed by atoms with E-state index in [1.165, 1.54) is 23.1 Å². The molecule has 1 aromatic heterocycles. The number of anilines is 1. The van der Waals surface area contributed by atoms with E-state index in [-0.39, 0.29) is 48.4 Å². The Balaban J connectivity index is 1.34. The van der Waals surface area contributed by atoms with Crippen LogP contribution >= 0.6 is 0 Å². The highest BCUT2D eigenvalue weighted by Crippen LogP contribution is 2.38. The predicted molar refractivity (Wildman–Crippen MR) is 164 cm³/mol. The van der Waals surface area contributed by atoms with Crippen LogP contribution in [-0.4, -0.2) is 88.4 Å². The Bertz CT molecular complexity index is 1720. The number of piperazine rings is 1. The van der Waals surface area contributed by atoms with Crippen molar-refractivity contribution in [1.29, 1.82) is 5.26 Å². The zero-order chi connectivity index (χ0) is 32.6. The third kappa shape index (κ3) is 5.97. The van der Waals surface area contributed by atoms with Crippen molar-refractivity contribution in [3.8, 4) is 12.1 Å². The summed E-state index contributed by atoms with van der Waals surface area (Å²) in [5, 5.41) is 9.67. The molecular weight excluding hydrogens is 599 g/mol. The molecule has 0 radical (unpaired) electrons. The van der Waals surface area contributed by atoms with Gasteiger partial charge in [0.25, 0.3) is 5.91 Å². The number of aromatic nitrogens is 2. The molecule has 6 rings (SSSR count). The molecule has 3 aliphatic rings. The zero-order valence-corrected chi connectivity index (χ0v) is 25.5. The van der Waals surface area contributed by atoms with Crippen molar-refractivity contribution < 1.29 is 27.5 Å². The number of fused-ring (bicyclic) bond motifs is 2. The predicted octanol–water partition coefficient (Wildman–Crippen LogP) is 4.39. The van der Waals surface area contributed by atoms with Gasteiger partial charge in [-0.25, -0.2) is 0 Å². The lowest BCUT2D eigenvalue weighted by Gasteiger charge is -2.41. The molecule has 2 amide bonds. The standard InChI is InChI=1S/C33H34F3N7O3/c1-3-28(44)43-16-15-41(17-22(43)12-13-37)30-25-18-42(19-27(25)38-32(39-30)46-20-23-9-6-14-40(23)2)31(45)24-10-4-7-21-8-5-11-26(29(21)24)33(34,35)36/h3-5,7-8,10-11,22-23H,1,6,9,12,14-20H2,2H3/t22-,23-/m0/s1. The van der Waals surface area contributed by atoms with Gasteiger partial charge in [0.15, 0.2) is 0 Å². The number of likely N-dealkylation sites (tertiary alicyclic amines) is 1. The number of carbonyl (C=O) groups excluding carboxylic acids is 2. The number of rotatable bonds is 7. The van der Waals surface area contributed by atoms with E-state index in [0.717, 1.165) is 25.5 Å². The van der Waals surface area contributed by atoms with Crippen LogP contribution < -0.4 is 9.64 Å². The molecule has 0 saturated carbocycles. The molecule has 240 valence electrons. The molecule has 3 aliphatic heterocycles. The first-order chi connectivity index (χ1) is 22.1. The van der Waals surface area contributed by atoms with Gasteiger partial charge in [0.05, 0.1) is 42.9 Å². The molecule has 0 bridgehead atoms. The van der Waals surface area contributed by atoms with Gasteiger partial charge in [-0.2, -0.15) is 28.4 Å². The summed E-state index contributed by atoms with van der Waals surface area (Å²) >= 11 is 0. The Kier molecular flexibility index (Phi) is 8.57. The molecule has 0 aliphatic carbocycles. The van der Waals surface area contributed by atoms with E-state index in [2.05, 4.69) is 22.5 Å². The molecule has 2 fully saturated rings. The summed E-state index contributed by atoms with van der Waals surface area (Å²) in [6.45, 7) is 6.12. The zero-order valence-electron chi connectivity index (χ0n) is 25.5. The SMILES string of the molecule is C=CC(=O)N1CCN(c2nc(OC[C@@H]3CCCN3C)nc3c2CN(C(=O)c2cccc4cccc(C(F)(F)F)c24)C3)C[C@@H]1CC#N. The van der Waals surface area contributed by atoms with Gasteiger partial charge >= 0.3 is 12.2 Å². The third-order valence-electron chi connectivity index (χ3n) is 9.11. The fourth-order valence-corrected chi connectivity index (χ4v) is 6.71. The van der Waals surface area contributed by atoms with Crippen molar-refractivity contribution in [2.24, 2.45) is 0 Å². The highest BCUT2D eigenvalue weighted by Gasteiger charge is 2.38.